The summed E-state index contributed by atoms with van der Waals surface area (Å²) in [6, 6.07) is 11.1. The Kier molecular flexibility index (Phi) is 3.18. The summed E-state index contributed by atoms with van der Waals surface area (Å²) in [4.78, 5) is 24.9. The van der Waals surface area contributed by atoms with E-state index in [1.165, 1.54) is 23.3 Å². The Morgan fingerprint density at radius 1 is 1.17 bits per heavy atom. The van der Waals surface area contributed by atoms with Crippen molar-refractivity contribution < 1.29 is 14.1 Å². The number of rotatable bonds is 4. The van der Waals surface area contributed by atoms with Crippen molar-refractivity contribution in [1.82, 2.24) is 4.90 Å². The summed E-state index contributed by atoms with van der Waals surface area (Å²) in [6.07, 6.45) is 3.81. The fourth-order valence-corrected chi connectivity index (χ4v) is 3.41. The summed E-state index contributed by atoms with van der Waals surface area (Å²) in [5, 5.41) is 10.8. The van der Waals surface area contributed by atoms with Gasteiger partial charge in [0.05, 0.1) is 12.1 Å². The van der Waals surface area contributed by atoms with Crippen molar-refractivity contribution in [2.24, 2.45) is 0 Å². The van der Waals surface area contributed by atoms with Gasteiger partial charge in [-0.3, -0.25) is 14.9 Å². The van der Waals surface area contributed by atoms with E-state index in [0.29, 0.717) is 0 Å². The van der Waals surface area contributed by atoms with Crippen molar-refractivity contribution in [1.29, 1.82) is 0 Å². The highest BCUT2D eigenvalue weighted by molar-refractivity contribution is 5.92. The van der Waals surface area contributed by atoms with Crippen molar-refractivity contribution in [2.45, 2.75) is 37.8 Å². The van der Waals surface area contributed by atoms with Gasteiger partial charge in [-0.2, -0.15) is 0 Å². The summed E-state index contributed by atoms with van der Waals surface area (Å²) < 4.78 is 5.12. The molecule has 1 aromatic heterocycles. The molecule has 1 atom stereocenters. The molecule has 0 N–H and O–H groups in total. The van der Waals surface area contributed by atoms with Crippen LogP contribution < -0.4 is 0 Å². The lowest BCUT2D eigenvalue weighted by Crippen LogP contribution is -2.35. The van der Waals surface area contributed by atoms with Crippen molar-refractivity contribution >= 4 is 11.8 Å². The fraction of sp³-hybridized carbons (Fsp3) is 0.353. The third-order valence-corrected chi connectivity index (χ3v) is 4.59. The Labute approximate surface area is 132 Å². The largest absolute Gasteiger partial charge is 0.433 e. The van der Waals surface area contributed by atoms with Crippen LogP contribution >= 0.6 is 0 Å². The SMILES string of the molecule is O=C(c1ccc([N+](=O)[O-])o1)N(C1CC1)C1CCc2ccccc21. The molecule has 0 aliphatic heterocycles. The van der Waals surface area contributed by atoms with Gasteiger partial charge in [-0.05, 0) is 42.9 Å². The monoisotopic (exact) mass is 312 g/mol. The van der Waals surface area contributed by atoms with E-state index >= 15 is 0 Å². The normalized spacial score (nSPS) is 19.4. The number of amides is 1. The number of hydrogen-bond acceptors (Lipinski definition) is 4. The minimum atomic E-state index is -0.622. The summed E-state index contributed by atoms with van der Waals surface area (Å²) in [5.74, 6) is -0.591. The van der Waals surface area contributed by atoms with Crippen LogP contribution in [0.15, 0.2) is 40.8 Å². The first-order chi connectivity index (χ1) is 11.1. The first-order valence-corrected chi connectivity index (χ1v) is 7.80. The standard InChI is InChI=1S/C17H16N2O4/c20-17(15-9-10-16(23-15)19(21)22)18(12-6-7-12)14-8-5-11-3-1-2-4-13(11)14/h1-4,9-10,12,14H,5-8H2. The average molecular weight is 312 g/mol. The second kappa shape index (κ2) is 5.22. The maximum Gasteiger partial charge on any atom is 0.433 e. The van der Waals surface area contributed by atoms with E-state index < -0.39 is 10.8 Å². The van der Waals surface area contributed by atoms with Gasteiger partial charge in [-0.1, -0.05) is 24.3 Å². The topological polar surface area (TPSA) is 76.6 Å². The summed E-state index contributed by atoms with van der Waals surface area (Å²) in [7, 11) is 0. The van der Waals surface area contributed by atoms with Gasteiger partial charge in [0.1, 0.15) is 4.92 Å². The molecule has 1 aromatic carbocycles. The molecule has 4 rings (SSSR count). The van der Waals surface area contributed by atoms with Gasteiger partial charge in [0.15, 0.2) is 5.76 Å². The van der Waals surface area contributed by atoms with Crippen LogP contribution in [0.4, 0.5) is 5.88 Å². The molecule has 1 unspecified atom stereocenters. The highest BCUT2D eigenvalue weighted by Crippen LogP contribution is 2.42. The molecule has 2 aliphatic rings. The van der Waals surface area contributed by atoms with Crippen LogP contribution in [-0.4, -0.2) is 21.8 Å². The van der Waals surface area contributed by atoms with Crippen molar-refractivity contribution in [3.63, 3.8) is 0 Å². The molecule has 6 nitrogen and oxygen atoms in total. The fourth-order valence-electron chi connectivity index (χ4n) is 3.41. The lowest BCUT2D eigenvalue weighted by Gasteiger charge is -2.29. The molecule has 6 heteroatoms. The minimum absolute atomic E-state index is 0.0374. The van der Waals surface area contributed by atoms with Crippen LogP contribution in [0.25, 0.3) is 0 Å². The van der Waals surface area contributed by atoms with E-state index in [1.54, 1.807) is 0 Å². The first kappa shape index (κ1) is 14.0. The lowest BCUT2D eigenvalue weighted by atomic mass is 10.1. The Bertz CT molecular complexity index is 778. The molecule has 1 heterocycles. The molecule has 23 heavy (non-hydrogen) atoms. The van der Waals surface area contributed by atoms with Crippen LogP contribution in [0, 0.1) is 10.1 Å². The third kappa shape index (κ3) is 2.40. The second-order valence-electron chi connectivity index (χ2n) is 6.09. The molecular formula is C17H16N2O4. The summed E-state index contributed by atoms with van der Waals surface area (Å²) in [5.41, 5.74) is 2.47. The summed E-state index contributed by atoms with van der Waals surface area (Å²) >= 11 is 0. The number of nitrogens with zero attached hydrogens (tertiary/aromatic N) is 2. The van der Waals surface area contributed by atoms with Crippen molar-refractivity contribution in [3.8, 4) is 0 Å². The average Bonchev–Trinajstić information content (AvgIpc) is 3.10. The maximum atomic E-state index is 12.9. The molecular weight excluding hydrogens is 296 g/mol. The van der Waals surface area contributed by atoms with Gasteiger partial charge in [-0.15, -0.1) is 0 Å². The van der Waals surface area contributed by atoms with Crippen LogP contribution in [0.2, 0.25) is 0 Å². The molecule has 1 saturated carbocycles. The van der Waals surface area contributed by atoms with Crippen LogP contribution in [0.5, 0.6) is 0 Å². The van der Waals surface area contributed by atoms with Crippen molar-refractivity contribution in [2.75, 3.05) is 0 Å². The predicted molar refractivity (Wildman–Crippen MR) is 82.1 cm³/mol. The molecule has 1 fully saturated rings. The Morgan fingerprint density at radius 2 is 1.96 bits per heavy atom. The van der Waals surface area contributed by atoms with E-state index in [0.717, 1.165) is 25.7 Å². The van der Waals surface area contributed by atoms with Gasteiger partial charge in [-0.25, -0.2) is 0 Å². The highest BCUT2D eigenvalue weighted by atomic mass is 16.6. The minimum Gasteiger partial charge on any atom is -0.395 e. The van der Waals surface area contributed by atoms with E-state index in [2.05, 4.69) is 12.1 Å². The predicted octanol–water partition coefficient (Wildman–Crippen LogP) is 3.48. The smallest absolute Gasteiger partial charge is 0.395 e. The molecule has 0 spiro atoms. The van der Waals surface area contributed by atoms with E-state index in [4.69, 9.17) is 4.42 Å². The Hall–Kier alpha value is -2.63. The number of fused-ring (bicyclic) bond motifs is 1. The number of carbonyl (C=O) groups is 1. The van der Waals surface area contributed by atoms with Gasteiger partial charge in [0, 0.05) is 6.04 Å². The number of furan rings is 1. The highest BCUT2D eigenvalue weighted by Gasteiger charge is 2.41. The molecule has 118 valence electrons. The first-order valence-electron chi connectivity index (χ1n) is 7.80. The van der Waals surface area contributed by atoms with Gasteiger partial charge >= 0.3 is 5.88 Å². The quantitative estimate of drug-likeness (QED) is 0.639. The zero-order valence-electron chi connectivity index (χ0n) is 12.5. The van der Waals surface area contributed by atoms with Crippen molar-refractivity contribution in [3.05, 3.63) is 63.4 Å². The van der Waals surface area contributed by atoms with E-state index in [-0.39, 0.29) is 23.8 Å². The molecule has 0 bridgehead atoms. The van der Waals surface area contributed by atoms with Gasteiger partial charge in [0.2, 0.25) is 0 Å². The second-order valence-corrected chi connectivity index (χ2v) is 6.09. The molecule has 2 aliphatic carbocycles. The number of nitro groups is 1. The van der Waals surface area contributed by atoms with Crippen LogP contribution in [0.3, 0.4) is 0 Å². The zero-order chi connectivity index (χ0) is 16.0. The molecule has 1 amide bonds. The van der Waals surface area contributed by atoms with Gasteiger partial charge in [0.25, 0.3) is 5.91 Å². The Balaban J connectivity index is 1.66. The zero-order valence-corrected chi connectivity index (χ0v) is 12.5. The maximum absolute atomic E-state index is 12.9. The summed E-state index contributed by atoms with van der Waals surface area (Å²) in [6.45, 7) is 0. The number of hydrogen-bond donors (Lipinski definition) is 0. The third-order valence-electron chi connectivity index (χ3n) is 4.59. The number of benzene rings is 1. The number of carbonyl (C=O) groups excluding carboxylic acids is 1. The Morgan fingerprint density at radius 3 is 2.65 bits per heavy atom. The molecule has 0 saturated heterocycles. The molecule has 2 aromatic rings. The molecule has 0 radical (unpaired) electrons. The number of aryl methyl sites for hydroxylation is 1. The van der Waals surface area contributed by atoms with Crippen LogP contribution in [-0.2, 0) is 6.42 Å². The lowest BCUT2D eigenvalue weighted by molar-refractivity contribution is -0.402. The van der Waals surface area contributed by atoms with E-state index in [1.807, 2.05) is 17.0 Å². The van der Waals surface area contributed by atoms with Crippen LogP contribution in [0.1, 0.15) is 47.0 Å². The van der Waals surface area contributed by atoms with E-state index in [9.17, 15) is 14.9 Å². The van der Waals surface area contributed by atoms with Gasteiger partial charge < -0.3 is 9.32 Å².